The first-order chi connectivity index (χ1) is 8.92. The fraction of sp³-hybridized carbons (Fsp3) is 0.833. The Bertz CT molecular complexity index is 390. The maximum absolute atomic E-state index is 12.6. The second kappa shape index (κ2) is 5.59. The van der Waals surface area contributed by atoms with Gasteiger partial charge in [-0.15, -0.1) is 0 Å². The lowest BCUT2D eigenvalue weighted by atomic mass is 9.98. The van der Waals surface area contributed by atoms with Crippen LogP contribution in [0.3, 0.4) is 0 Å². The van der Waals surface area contributed by atoms with Gasteiger partial charge in [0.25, 0.3) is 0 Å². The minimum atomic E-state index is -5.03. The molecule has 8 heteroatoms. The number of nitrogens with two attached hydrogens (primary N) is 1. The number of halogens is 3. The number of hydrogen-bond acceptors (Lipinski definition) is 4. The van der Waals surface area contributed by atoms with Crippen LogP contribution in [0.2, 0.25) is 0 Å². The van der Waals surface area contributed by atoms with Gasteiger partial charge in [0.2, 0.25) is 0 Å². The van der Waals surface area contributed by atoms with Crippen molar-refractivity contribution in [3.63, 3.8) is 0 Å². The minimum absolute atomic E-state index is 0.0674. The van der Waals surface area contributed by atoms with Crippen molar-refractivity contribution in [2.75, 3.05) is 6.54 Å². The van der Waals surface area contributed by atoms with Crippen LogP contribution in [0.25, 0.3) is 0 Å². The smallest absolute Gasteiger partial charge is 0.458 e. The summed E-state index contributed by atoms with van der Waals surface area (Å²) in [7, 11) is 0. The van der Waals surface area contributed by atoms with Crippen molar-refractivity contribution >= 4 is 11.9 Å². The second-order valence-corrected chi connectivity index (χ2v) is 5.84. The molecule has 116 valence electrons. The van der Waals surface area contributed by atoms with Crippen LogP contribution in [0.4, 0.5) is 13.2 Å². The van der Waals surface area contributed by atoms with E-state index in [1.54, 1.807) is 20.8 Å². The molecule has 1 aliphatic heterocycles. The Morgan fingerprint density at radius 3 is 2.20 bits per heavy atom. The first-order valence-electron chi connectivity index (χ1n) is 6.28. The molecular formula is C12H19F3N2O3. The van der Waals surface area contributed by atoms with Crippen LogP contribution in [-0.2, 0) is 14.3 Å². The maximum atomic E-state index is 12.6. The fourth-order valence-corrected chi connectivity index (χ4v) is 2.00. The number of rotatable bonds is 1. The zero-order valence-electron chi connectivity index (χ0n) is 11.7. The molecule has 0 aromatic rings. The number of piperidine rings is 1. The van der Waals surface area contributed by atoms with Gasteiger partial charge in [-0.2, -0.15) is 13.2 Å². The van der Waals surface area contributed by atoms with Crippen LogP contribution in [-0.4, -0.2) is 47.2 Å². The van der Waals surface area contributed by atoms with Crippen LogP contribution >= 0.6 is 0 Å². The molecule has 0 spiro atoms. The monoisotopic (exact) mass is 296 g/mol. The van der Waals surface area contributed by atoms with Gasteiger partial charge in [0.1, 0.15) is 11.6 Å². The Morgan fingerprint density at radius 2 is 1.75 bits per heavy atom. The van der Waals surface area contributed by atoms with Crippen LogP contribution in [0.15, 0.2) is 0 Å². The number of alkyl halides is 3. The number of carbonyl (C=O) groups is 2. The van der Waals surface area contributed by atoms with Gasteiger partial charge in [0.15, 0.2) is 0 Å². The van der Waals surface area contributed by atoms with Gasteiger partial charge in [-0.25, -0.2) is 4.79 Å². The highest BCUT2D eigenvalue weighted by Gasteiger charge is 2.48. The third-order valence-electron chi connectivity index (χ3n) is 2.80. The van der Waals surface area contributed by atoms with Crippen LogP contribution in [0.1, 0.15) is 33.6 Å². The summed E-state index contributed by atoms with van der Waals surface area (Å²) in [5, 5.41) is 0. The summed E-state index contributed by atoms with van der Waals surface area (Å²) < 4.78 is 42.7. The Balaban J connectivity index is 2.91. The van der Waals surface area contributed by atoms with Gasteiger partial charge < -0.3 is 15.4 Å². The molecule has 1 saturated heterocycles. The molecule has 0 unspecified atom stereocenters. The molecule has 0 aromatic carbocycles. The van der Waals surface area contributed by atoms with E-state index in [1.165, 1.54) is 0 Å². The quantitative estimate of drug-likeness (QED) is 0.738. The predicted octanol–water partition coefficient (Wildman–Crippen LogP) is 1.21. The van der Waals surface area contributed by atoms with E-state index in [-0.39, 0.29) is 13.0 Å². The Kier molecular flexibility index (Phi) is 4.68. The van der Waals surface area contributed by atoms with Crippen LogP contribution in [0, 0.1) is 0 Å². The van der Waals surface area contributed by atoms with Crippen LogP contribution in [0.5, 0.6) is 0 Å². The molecule has 5 nitrogen and oxygen atoms in total. The third kappa shape index (κ3) is 4.36. The number of nitrogens with zero attached hydrogens (tertiary/aromatic N) is 1. The van der Waals surface area contributed by atoms with E-state index in [2.05, 4.69) is 0 Å². The van der Waals surface area contributed by atoms with Gasteiger partial charge in [0, 0.05) is 12.6 Å². The van der Waals surface area contributed by atoms with Gasteiger partial charge in [-0.05, 0) is 33.6 Å². The van der Waals surface area contributed by atoms with Crippen molar-refractivity contribution in [2.24, 2.45) is 5.73 Å². The van der Waals surface area contributed by atoms with Crippen molar-refractivity contribution in [1.29, 1.82) is 0 Å². The zero-order valence-corrected chi connectivity index (χ0v) is 11.7. The highest BCUT2D eigenvalue weighted by Crippen LogP contribution is 2.26. The van der Waals surface area contributed by atoms with Crippen molar-refractivity contribution in [2.45, 2.75) is 57.5 Å². The summed E-state index contributed by atoms with van der Waals surface area (Å²) in [6.45, 7) is 4.52. The first kappa shape index (κ1) is 16.7. The first-order valence-corrected chi connectivity index (χ1v) is 6.28. The minimum Gasteiger partial charge on any atom is -0.458 e. The standard InChI is InChI=1S/C12H19F3N2O3/c1-11(2,3)20-9(18)8-5-4-7(16)6-17(8)10(19)12(13,14)15/h7-8H,4-6,16H2,1-3H3/t7-,8+/m1/s1. The van der Waals surface area contributed by atoms with Crippen molar-refractivity contribution in [3.05, 3.63) is 0 Å². The number of carbonyl (C=O) groups excluding carboxylic acids is 2. The molecule has 0 radical (unpaired) electrons. The lowest BCUT2D eigenvalue weighted by Crippen LogP contribution is -2.58. The number of ether oxygens (including phenoxy) is 1. The third-order valence-corrected chi connectivity index (χ3v) is 2.80. The largest absolute Gasteiger partial charge is 0.471 e. The average Bonchev–Trinajstić information content (AvgIpc) is 2.24. The summed E-state index contributed by atoms with van der Waals surface area (Å²) in [5.41, 5.74) is 4.75. The predicted molar refractivity (Wildman–Crippen MR) is 64.6 cm³/mol. The van der Waals surface area contributed by atoms with Gasteiger partial charge in [0.05, 0.1) is 0 Å². The molecule has 1 fully saturated rings. The van der Waals surface area contributed by atoms with Gasteiger partial charge >= 0.3 is 18.1 Å². The van der Waals surface area contributed by atoms with E-state index >= 15 is 0 Å². The SMILES string of the molecule is CC(C)(C)OC(=O)[C@@H]1CC[C@@H](N)CN1C(=O)C(F)(F)F. The molecule has 0 aliphatic carbocycles. The number of hydrogen-bond donors (Lipinski definition) is 1. The lowest BCUT2D eigenvalue weighted by Gasteiger charge is -2.38. The summed E-state index contributed by atoms with van der Waals surface area (Å²) >= 11 is 0. The number of likely N-dealkylation sites (tertiary alicyclic amines) is 1. The number of esters is 1. The van der Waals surface area contributed by atoms with E-state index in [0.29, 0.717) is 11.3 Å². The van der Waals surface area contributed by atoms with Gasteiger partial charge in [-0.3, -0.25) is 4.79 Å². The second-order valence-electron chi connectivity index (χ2n) is 5.84. The van der Waals surface area contributed by atoms with E-state index in [1.807, 2.05) is 0 Å². The Labute approximate surface area is 115 Å². The number of amides is 1. The molecule has 1 rings (SSSR count). The molecular weight excluding hydrogens is 277 g/mol. The molecule has 20 heavy (non-hydrogen) atoms. The zero-order chi connectivity index (χ0) is 15.7. The molecule has 0 aromatic heterocycles. The molecule has 0 bridgehead atoms. The summed E-state index contributed by atoms with van der Waals surface area (Å²) in [6.07, 6.45) is -4.60. The Morgan fingerprint density at radius 1 is 1.20 bits per heavy atom. The summed E-state index contributed by atoms with van der Waals surface area (Å²) in [5.74, 6) is -2.88. The van der Waals surface area contributed by atoms with Crippen molar-refractivity contribution < 1.29 is 27.5 Å². The topological polar surface area (TPSA) is 72.6 Å². The molecule has 1 aliphatic rings. The normalized spacial score (nSPS) is 24.4. The fourth-order valence-electron chi connectivity index (χ4n) is 2.00. The van der Waals surface area contributed by atoms with Crippen LogP contribution < -0.4 is 5.73 Å². The highest BCUT2D eigenvalue weighted by molar-refractivity contribution is 5.88. The molecule has 1 amide bonds. The molecule has 1 heterocycles. The summed E-state index contributed by atoms with van der Waals surface area (Å²) in [6, 6.07) is -1.80. The summed E-state index contributed by atoms with van der Waals surface area (Å²) in [4.78, 5) is 23.8. The molecule has 0 saturated carbocycles. The van der Waals surface area contributed by atoms with E-state index < -0.39 is 35.7 Å². The average molecular weight is 296 g/mol. The Hall–Kier alpha value is -1.31. The van der Waals surface area contributed by atoms with Crippen molar-refractivity contribution in [1.82, 2.24) is 4.90 Å². The maximum Gasteiger partial charge on any atom is 0.471 e. The van der Waals surface area contributed by atoms with E-state index in [0.717, 1.165) is 0 Å². The molecule has 2 atom stereocenters. The van der Waals surface area contributed by atoms with E-state index in [9.17, 15) is 22.8 Å². The van der Waals surface area contributed by atoms with Gasteiger partial charge in [-0.1, -0.05) is 0 Å². The molecule has 2 N–H and O–H groups in total. The van der Waals surface area contributed by atoms with E-state index in [4.69, 9.17) is 10.5 Å². The lowest BCUT2D eigenvalue weighted by molar-refractivity contribution is -0.194. The highest BCUT2D eigenvalue weighted by atomic mass is 19.4. The van der Waals surface area contributed by atoms with Crippen molar-refractivity contribution in [3.8, 4) is 0 Å².